The molecular weight excluding hydrogens is 241 g/mol. The van der Waals surface area contributed by atoms with Crippen LogP contribution in [0.1, 0.15) is 43.6 Å². The summed E-state index contributed by atoms with van der Waals surface area (Å²) in [5, 5.41) is 0. The van der Waals surface area contributed by atoms with Gasteiger partial charge in [0.25, 0.3) is 5.91 Å². The van der Waals surface area contributed by atoms with Gasteiger partial charge >= 0.3 is 0 Å². The first-order valence-corrected chi connectivity index (χ1v) is 6.86. The molecule has 0 N–H and O–H groups in total. The van der Waals surface area contributed by atoms with Crippen molar-refractivity contribution in [3.05, 3.63) is 35.1 Å². The number of hydrogen-bond donors (Lipinski definition) is 0. The minimum Gasteiger partial charge on any atom is -0.338 e. The number of benzene rings is 1. The number of nitrogens with zero attached hydrogens (tertiary/aromatic N) is 1. The van der Waals surface area contributed by atoms with Crippen molar-refractivity contribution in [1.29, 1.82) is 0 Å². The molecule has 106 valence electrons. The third kappa shape index (κ3) is 4.66. The second-order valence-corrected chi connectivity index (χ2v) is 5.98. The molecular formula is C16H24FNO. The fraction of sp³-hybridized carbons (Fsp3) is 0.562. The van der Waals surface area contributed by atoms with Crippen LogP contribution in [0.4, 0.5) is 4.39 Å². The lowest BCUT2D eigenvalue weighted by Gasteiger charge is -2.26. The van der Waals surface area contributed by atoms with Crippen molar-refractivity contribution in [3.8, 4) is 0 Å². The van der Waals surface area contributed by atoms with Gasteiger partial charge in [-0.3, -0.25) is 4.79 Å². The molecule has 2 nitrogen and oxygen atoms in total. The number of amides is 1. The minimum absolute atomic E-state index is 0.173. The van der Waals surface area contributed by atoms with Gasteiger partial charge in [0.15, 0.2) is 0 Å². The van der Waals surface area contributed by atoms with Crippen LogP contribution in [-0.2, 0) is 0 Å². The summed E-state index contributed by atoms with van der Waals surface area (Å²) < 4.78 is 13.9. The SMILES string of the molecule is Cc1ccc(C(=O)N(CC(C)C)CC(C)C)c(F)c1. The van der Waals surface area contributed by atoms with Gasteiger partial charge in [-0.25, -0.2) is 4.39 Å². The molecule has 0 aliphatic rings. The zero-order valence-corrected chi connectivity index (χ0v) is 12.5. The number of aryl methyl sites for hydroxylation is 1. The van der Waals surface area contributed by atoms with Crippen molar-refractivity contribution in [2.24, 2.45) is 11.8 Å². The second-order valence-electron chi connectivity index (χ2n) is 5.98. The van der Waals surface area contributed by atoms with E-state index >= 15 is 0 Å². The molecule has 1 aromatic carbocycles. The van der Waals surface area contributed by atoms with Crippen LogP contribution in [0.25, 0.3) is 0 Å². The first kappa shape index (κ1) is 15.7. The fourth-order valence-corrected chi connectivity index (χ4v) is 2.09. The molecule has 0 fully saturated rings. The molecule has 0 bridgehead atoms. The molecule has 0 saturated heterocycles. The van der Waals surface area contributed by atoms with Gasteiger partial charge in [0, 0.05) is 13.1 Å². The van der Waals surface area contributed by atoms with Gasteiger partial charge in [0.05, 0.1) is 5.56 Å². The van der Waals surface area contributed by atoms with Gasteiger partial charge in [-0.15, -0.1) is 0 Å². The van der Waals surface area contributed by atoms with Gasteiger partial charge in [0.2, 0.25) is 0 Å². The Bertz CT molecular complexity index is 430. The van der Waals surface area contributed by atoms with Crippen LogP contribution < -0.4 is 0 Å². The number of hydrogen-bond acceptors (Lipinski definition) is 1. The van der Waals surface area contributed by atoms with E-state index in [4.69, 9.17) is 0 Å². The second kappa shape index (κ2) is 6.69. The normalized spacial score (nSPS) is 11.2. The van der Waals surface area contributed by atoms with Crippen LogP contribution in [0.3, 0.4) is 0 Å². The summed E-state index contributed by atoms with van der Waals surface area (Å²) in [5.74, 6) is 0.106. The van der Waals surface area contributed by atoms with E-state index in [0.29, 0.717) is 24.9 Å². The first-order chi connectivity index (χ1) is 8.81. The van der Waals surface area contributed by atoms with Crippen LogP contribution in [0, 0.1) is 24.6 Å². The average Bonchev–Trinajstić information content (AvgIpc) is 2.26. The summed E-state index contributed by atoms with van der Waals surface area (Å²) in [5.41, 5.74) is 1.00. The summed E-state index contributed by atoms with van der Waals surface area (Å²) in [6.45, 7) is 11.4. The summed E-state index contributed by atoms with van der Waals surface area (Å²) in [6, 6.07) is 4.77. The van der Waals surface area contributed by atoms with E-state index < -0.39 is 5.82 Å². The number of carbonyl (C=O) groups is 1. The lowest BCUT2D eigenvalue weighted by atomic mass is 10.1. The Hall–Kier alpha value is -1.38. The quantitative estimate of drug-likeness (QED) is 0.791. The zero-order chi connectivity index (χ0) is 14.6. The van der Waals surface area contributed by atoms with Gasteiger partial charge in [-0.05, 0) is 36.5 Å². The maximum atomic E-state index is 13.9. The van der Waals surface area contributed by atoms with Crippen molar-refractivity contribution in [1.82, 2.24) is 4.90 Å². The first-order valence-electron chi connectivity index (χ1n) is 6.86. The van der Waals surface area contributed by atoms with Crippen molar-refractivity contribution in [2.45, 2.75) is 34.6 Å². The van der Waals surface area contributed by atoms with Crippen LogP contribution in [0.15, 0.2) is 18.2 Å². The molecule has 3 heteroatoms. The minimum atomic E-state index is -0.428. The molecule has 0 unspecified atom stereocenters. The lowest BCUT2D eigenvalue weighted by Crippen LogP contribution is -2.37. The van der Waals surface area contributed by atoms with Crippen LogP contribution in [0.5, 0.6) is 0 Å². The smallest absolute Gasteiger partial charge is 0.256 e. The van der Waals surface area contributed by atoms with E-state index in [2.05, 4.69) is 27.7 Å². The molecule has 0 aliphatic heterocycles. The molecule has 0 aliphatic carbocycles. The number of rotatable bonds is 5. The van der Waals surface area contributed by atoms with Crippen LogP contribution >= 0.6 is 0 Å². The molecule has 0 aromatic heterocycles. The van der Waals surface area contributed by atoms with Crippen molar-refractivity contribution >= 4 is 5.91 Å². The van der Waals surface area contributed by atoms with Gasteiger partial charge < -0.3 is 4.90 Å². The monoisotopic (exact) mass is 265 g/mol. The average molecular weight is 265 g/mol. The highest BCUT2D eigenvalue weighted by Crippen LogP contribution is 2.15. The summed E-state index contributed by atoms with van der Waals surface area (Å²) in [7, 11) is 0. The van der Waals surface area contributed by atoms with Gasteiger partial charge in [-0.1, -0.05) is 33.8 Å². The fourth-order valence-electron chi connectivity index (χ4n) is 2.09. The molecule has 1 aromatic rings. The third-order valence-electron chi connectivity index (χ3n) is 2.81. The Morgan fingerprint density at radius 2 is 1.68 bits per heavy atom. The summed E-state index contributed by atoms with van der Waals surface area (Å²) >= 11 is 0. The van der Waals surface area contributed by atoms with E-state index in [-0.39, 0.29) is 11.5 Å². The van der Waals surface area contributed by atoms with E-state index in [1.807, 2.05) is 6.92 Å². The van der Waals surface area contributed by atoms with Crippen LogP contribution in [-0.4, -0.2) is 23.9 Å². The highest BCUT2D eigenvalue weighted by atomic mass is 19.1. The summed E-state index contributed by atoms with van der Waals surface area (Å²) in [6.07, 6.45) is 0. The standard InChI is InChI=1S/C16H24FNO/c1-11(2)9-18(10-12(3)4)16(19)14-7-6-13(5)8-15(14)17/h6-8,11-12H,9-10H2,1-5H3. The molecule has 0 heterocycles. The largest absolute Gasteiger partial charge is 0.338 e. The Kier molecular flexibility index (Phi) is 5.52. The zero-order valence-electron chi connectivity index (χ0n) is 12.5. The Balaban J connectivity index is 2.97. The maximum absolute atomic E-state index is 13.9. The summed E-state index contributed by atoms with van der Waals surface area (Å²) in [4.78, 5) is 14.2. The molecule has 0 radical (unpaired) electrons. The van der Waals surface area contributed by atoms with E-state index in [9.17, 15) is 9.18 Å². The molecule has 0 saturated carbocycles. The molecule has 1 rings (SSSR count). The van der Waals surface area contributed by atoms with E-state index in [1.54, 1.807) is 17.0 Å². The Morgan fingerprint density at radius 1 is 1.16 bits per heavy atom. The van der Waals surface area contributed by atoms with Crippen molar-refractivity contribution < 1.29 is 9.18 Å². The maximum Gasteiger partial charge on any atom is 0.256 e. The molecule has 19 heavy (non-hydrogen) atoms. The Morgan fingerprint density at radius 3 is 2.11 bits per heavy atom. The lowest BCUT2D eigenvalue weighted by molar-refractivity contribution is 0.0710. The predicted octanol–water partition coefficient (Wildman–Crippen LogP) is 3.89. The van der Waals surface area contributed by atoms with E-state index in [0.717, 1.165) is 5.56 Å². The molecule has 0 spiro atoms. The van der Waals surface area contributed by atoms with Crippen LogP contribution in [0.2, 0.25) is 0 Å². The van der Waals surface area contributed by atoms with E-state index in [1.165, 1.54) is 6.07 Å². The van der Waals surface area contributed by atoms with Crippen molar-refractivity contribution in [2.75, 3.05) is 13.1 Å². The molecule has 1 amide bonds. The molecule has 0 atom stereocenters. The Labute approximate surface area is 115 Å². The highest BCUT2D eigenvalue weighted by molar-refractivity contribution is 5.94. The van der Waals surface area contributed by atoms with Gasteiger partial charge in [-0.2, -0.15) is 0 Å². The van der Waals surface area contributed by atoms with Gasteiger partial charge in [0.1, 0.15) is 5.82 Å². The number of carbonyl (C=O) groups excluding carboxylic acids is 1. The third-order valence-corrected chi connectivity index (χ3v) is 2.81. The van der Waals surface area contributed by atoms with Crippen molar-refractivity contribution in [3.63, 3.8) is 0 Å². The topological polar surface area (TPSA) is 20.3 Å². The highest BCUT2D eigenvalue weighted by Gasteiger charge is 2.20. The number of halogens is 1. The predicted molar refractivity (Wildman–Crippen MR) is 76.7 cm³/mol.